The van der Waals surface area contributed by atoms with E-state index in [1.54, 1.807) is 0 Å². The van der Waals surface area contributed by atoms with Crippen molar-refractivity contribution in [2.45, 2.75) is 88.9 Å². The lowest BCUT2D eigenvalue weighted by Crippen LogP contribution is -2.53. The van der Waals surface area contributed by atoms with Crippen molar-refractivity contribution in [2.75, 3.05) is 0 Å². The summed E-state index contributed by atoms with van der Waals surface area (Å²) in [6, 6.07) is 0.238. The van der Waals surface area contributed by atoms with Gasteiger partial charge in [0.2, 0.25) is 5.91 Å². The van der Waals surface area contributed by atoms with Crippen LogP contribution in [0.3, 0.4) is 0 Å². The van der Waals surface area contributed by atoms with E-state index in [1.165, 1.54) is 19.3 Å². The van der Waals surface area contributed by atoms with Crippen molar-refractivity contribution in [1.82, 2.24) is 10.6 Å². The van der Waals surface area contributed by atoms with Crippen molar-refractivity contribution in [2.24, 2.45) is 0 Å². The number of hydrogen-bond acceptors (Lipinski definition) is 3. The fraction of sp³-hybridized carbons (Fsp3) is 0.933. The largest absolute Gasteiger partial charge is 0.392 e. The first-order valence-electron chi connectivity index (χ1n) is 7.91. The molecule has 0 saturated heterocycles. The highest BCUT2D eigenvalue weighted by molar-refractivity contribution is 5.81. The minimum Gasteiger partial charge on any atom is -0.392 e. The number of aliphatic hydroxyl groups is 1. The molecule has 0 heterocycles. The minimum absolute atomic E-state index is 0.0841. The maximum Gasteiger partial charge on any atom is 0.237 e. The van der Waals surface area contributed by atoms with Crippen LogP contribution in [0.4, 0.5) is 0 Å². The van der Waals surface area contributed by atoms with E-state index in [-0.39, 0.29) is 24.1 Å². The summed E-state index contributed by atoms with van der Waals surface area (Å²) in [5.74, 6) is 0.0877. The van der Waals surface area contributed by atoms with Crippen molar-refractivity contribution < 1.29 is 9.90 Å². The zero-order valence-corrected chi connectivity index (χ0v) is 12.0. The summed E-state index contributed by atoms with van der Waals surface area (Å²) >= 11 is 0. The quantitative estimate of drug-likeness (QED) is 0.727. The monoisotopic (exact) mass is 268 g/mol. The molecule has 3 atom stereocenters. The minimum atomic E-state index is -0.293. The highest BCUT2D eigenvalue weighted by atomic mass is 16.3. The van der Waals surface area contributed by atoms with Crippen LogP contribution in [0.25, 0.3) is 0 Å². The van der Waals surface area contributed by atoms with Gasteiger partial charge in [-0.1, -0.05) is 32.1 Å². The van der Waals surface area contributed by atoms with Crippen LogP contribution < -0.4 is 10.6 Å². The van der Waals surface area contributed by atoms with Crippen molar-refractivity contribution in [3.8, 4) is 0 Å². The van der Waals surface area contributed by atoms with Crippen molar-refractivity contribution >= 4 is 5.91 Å². The summed E-state index contributed by atoms with van der Waals surface area (Å²) in [4.78, 5) is 12.1. The Labute approximate surface area is 116 Å². The molecule has 2 aliphatic carbocycles. The van der Waals surface area contributed by atoms with Gasteiger partial charge in [0.25, 0.3) is 0 Å². The van der Waals surface area contributed by atoms with E-state index >= 15 is 0 Å². The second kappa shape index (κ2) is 7.25. The first-order chi connectivity index (χ1) is 9.16. The molecular formula is C15H28N2O2. The molecule has 110 valence electrons. The Balaban J connectivity index is 1.74. The number of hydrogen-bond donors (Lipinski definition) is 3. The highest BCUT2D eigenvalue weighted by Gasteiger charge is 2.27. The summed E-state index contributed by atoms with van der Waals surface area (Å²) in [5.41, 5.74) is 0. The SMILES string of the molecule is CC(NC1CCCCC1O)C(=O)NC1CCCCC1. The maximum absolute atomic E-state index is 12.1. The molecule has 4 nitrogen and oxygen atoms in total. The van der Waals surface area contributed by atoms with Gasteiger partial charge in [0.1, 0.15) is 0 Å². The Bertz CT molecular complexity index is 290. The summed E-state index contributed by atoms with van der Waals surface area (Å²) in [6.45, 7) is 1.90. The molecule has 0 radical (unpaired) electrons. The maximum atomic E-state index is 12.1. The lowest BCUT2D eigenvalue weighted by Gasteiger charge is -2.31. The second-order valence-electron chi connectivity index (χ2n) is 6.19. The van der Waals surface area contributed by atoms with Gasteiger partial charge in [0.05, 0.1) is 12.1 Å². The van der Waals surface area contributed by atoms with E-state index < -0.39 is 0 Å². The van der Waals surface area contributed by atoms with Gasteiger partial charge in [0, 0.05) is 12.1 Å². The topological polar surface area (TPSA) is 61.4 Å². The van der Waals surface area contributed by atoms with Gasteiger partial charge in [-0.25, -0.2) is 0 Å². The van der Waals surface area contributed by atoms with Crippen LogP contribution in [0.2, 0.25) is 0 Å². The van der Waals surface area contributed by atoms with E-state index in [9.17, 15) is 9.90 Å². The zero-order chi connectivity index (χ0) is 13.7. The Morgan fingerprint density at radius 3 is 2.37 bits per heavy atom. The van der Waals surface area contributed by atoms with Crippen LogP contribution in [0.1, 0.15) is 64.7 Å². The standard InChI is InChI=1S/C15H28N2O2/c1-11(16-13-9-5-6-10-14(13)18)15(19)17-12-7-3-2-4-8-12/h11-14,16,18H,2-10H2,1H3,(H,17,19). The first-order valence-corrected chi connectivity index (χ1v) is 7.91. The third-order valence-electron chi connectivity index (χ3n) is 4.54. The van der Waals surface area contributed by atoms with E-state index in [2.05, 4.69) is 10.6 Å². The molecule has 0 spiro atoms. The number of amides is 1. The Hall–Kier alpha value is -0.610. The van der Waals surface area contributed by atoms with Crippen LogP contribution >= 0.6 is 0 Å². The van der Waals surface area contributed by atoms with Gasteiger partial charge in [-0.2, -0.15) is 0 Å². The molecule has 2 saturated carbocycles. The first kappa shape index (κ1) is 14.8. The Morgan fingerprint density at radius 1 is 1.05 bits per heavy atom. The lowest BCUT2D eigenvalue weighted by molar-refractivity contribution is -0.124. The van der Waals surface area contributed by atoms with Crippen LogP contribution in [-0.2, 0) is 4.79 Å². The van der Waals surface area contributed by atoms with Gasteiger partial charge < -0.3 is 15.7 Å². The molecule has 0 aromatic heterocycles. The van der Waals surface area contributed by atoms with Gasteiger partial charge in [-0.3, -0.25) is 4.79 Å². The van der Waals surface area contributed by atoms with Gasteiger partial charge >= 0.3 is 0 Å². The molecular weight excluding hydrogens is 240 g/mol. The van der Waals surface area contributed by atoms with Crippen molar-refractivity contribution in [3.05, 3.63) is 0 Å². The summed E-state index contributed by atoms with van der Waals surface area (Å²) in [5, 5.41) is 16.4. The fourth-order valence-corrected chi connectivity index (χ4v) is 3.28. The predicted octanol–water partition coefficient (Wildman–Crippen LogP) is 1.72. The Morgan fingerprint density at radius 2 is 1.68 bits per heavy atom. The molecule has 0 aliphatic heterocycles. The predicted molar refractivity (Wildman–Crippen MR) is 75.9 cm³/mol. The van der Waals surface area contributed by atoms with E-state index in [0.717, 1.165) is 38.5 Å². The van der Waals surface area contributed by atoms with Crippen molar-refractivity contribution in [1.29, 1.82) is 0 Å². The van der Waals surface area contributed by atoms with Crippen LogP contribution in [0.15, 0.2) is 0 Å². The van der Waals surface area contributed by atoms with E-state index in [1.807, 2.05) is 6.92 Å². The molecule has 3 unspecified atom stereocenters. The third-order valence-corrected chi connectivity index (χ3v) is 4.54. The number of carbonyl (C=O) groups excluding carboxylic acids is 1. The average molecular weight is 268 g/mol. The Kier molecular flexibility index (Phi) is 5.64. The summed E-state index contributed by atoms with van der Waals surface area (Å²) < 4.78 is 0. The second-order valence-corrected chi connectivity index (χ2v) is 6.19. The molecule has 1 amide bonds. The summed E-state index contributed by atoms with van der Waals surface area (Å²) in [7, 11) is 0. The molecule has 0 bridgehead atoms. The average Bonchev–Trinajstić information content (AvgIpc) is 2.42. The van der Waals surface area contributed by atoms with Crippen LogP contribution in [0, 0.1) is 0 Å². The fourth-order valence-electron chi connectivity index (χ4n) is 3.28. The number of aliphatic hydroxyl groups excluding tert-OH is 1. The third kappa shape index (κ3) is 4.46. The van der Waals surface area contributed by atoms with Crippen LogP contribution in [-0.4, -0.2) is 35.2 Å². The van der Waals surface area contributed by atoms with Gasteiger partial charge in [-0.05, 0) is 32.6 Å². The molecule has 2 fully saturated rings. The highest BCUT2D eigenvalue weighted by Crippen LogP contribution is 2.19. The van der Waals surface area contributed by atoms with Crippen molar-refractivity contribution in [3.63, 3.8) is 0 Å². The van der Waals surface area contributed by atoms with Crippen LogP contribution in [0.5, 0.6) is 0 Å². The smallest absolute Gasteiger partial charge is 0.237 e. The molecule has 19 heavy (non-hydrogen) atoms. The van der Waals surface area contributed by atoms with E-state index in [0.29, 0.717) is 6.04 Å². The summed E-state index contributed by atoms with van der Waals surface area (Å²) in [6.07, 6.45) is 9.77. The molecule has 0 aromatic rings. The number of rotatable bonds is 4. The molecule has 0 aromatic carbocycles. The zero-order valence-electron chi connectivity index (χ0n) is 12.0. The number of carbonyl (C=O) groups is 1. The van der Waals surface area contributed by atoms with Gasteiger partial charge in [-0.15, -0.1) is 0 Å². The molecule has 2 rings (SSSR count). The van der Waals surface area contributed by atoms with E-state index in [4.69, 9.17) is 0 Å². The normalized spacial score (nSPS) is 30.8. The van der Waals surface area contributed by atoms with Gasteiger partial charge in [0.15, 0.2) is 0 Å². The molecule has 4 heteroatoms. The lowest BCUT2D eigenvalue weighted by atomic mass is 9.92. The molecule has 3 N–H and O–H groups in total. The number of nitrogens with one attached hydrogen (secondary N) is 2. The molecule has 2 aliphatic rings.